The molecule has 3 nitrogen and oxygen atoms in total. The van der Waals surface area contributed by atoms with Gasteiger partial charge in [0.2, 0.25) is 0 Å². The van der Waals surface area contributed by atoms with Crippen molar-refractivity contribution in [3.8, 4) is 0 Å². The topological polar surface area (TPSA) is 34.9 Å². The van der Waals surface area contributed by atoms with E-state index in [1.54, 1.807) is 16.8 Å². The number of hydrogen-bond donors (Lipinski definition) is 0. The molecule has 0 N–H and O–H groups in total. The summed E-state index contributed by atoms with van der Waals surface area (Å²) in [6.45, 7) is 1.97. The molecule has 17 heavy (non-hydrogen) atoms. The van der Waals surface area contributed by atoms with Crippen LogP contribution < -0.4 is 0 Å². The lowest BCUT2D eigenvalue weighted by molar-refractivity contribution is 0.104. The molecule has 0 spiro atoms. The minimum atomic E-state index is -0.000599. The van der Waals surface area contributed by atoms with Crippen molar-refractivity contribution in [1.29, 1.82) is 0 Å². The summed E-state index contributed by atoms with van der Waals surface area (Å²) in [7, 11) is 1.85. The molecule has 0 aliphatic heterocycles. The van der Waals surface area contributed by atoms with Crippen LogP contribution in [0.25, 0.3) is 6.08 Å². The number of carbonyl (C=O) groups excluding carboxylic acids is 1. The first-order chi connectivity index (χ1) is 8.15. The number of benzene rings is 1. The highest BCUT2D eigenvalue weighted by atomic mass is 16.1. The van der Waals surface area contributed by atoms with Crippen LogP contribution in [0.4, 0.5) is 0 Å². The van der Waals surface area contributed by atoms with Gasteiger partial charge in [0.25, 0.3) is 0 Å². The van der Waals surface area contributed by atoms with Crippen LogP contribution in [0.2, 0.25) is 0 Å². The highest BCUT2D eigenvalue weighted by Crippen LogP contribution is 2.07. The summed E-state index contributed by atoms with van der Waals surface area (Å²) >= 11 is 0. The molecule has 0 fully saturated rings. The van der Waals surface area contributed by atoms with Gasteiger partial charge in [0.1, 0.15) is 0 Å². The number of aromatic nitrogens is 2. The zero-order valence-corrected chi connectivity index (χ0v) is 9.92. The summed E-state index contributed by atoms with van der Waals surface area (Å²) in [5.41, 5.74) is 2.58. The summed E-state index contributed by atoms with van der Waals surface area (Å²) < 4.78 is 1.71. The van der Waals surface area contributed by atoms with Crippen LogP contribution in [-0.4, -0.2) is 15.6 Å². The van der Waals surface area contributed by atoms with Crippen molar-refractivity contribution < 1.29 is 4.79 Å². The van der Waals surface area contributed by atoms with Gasteiger partial charge in [-0.3, -0.25) is 9.48 Å². The van der Waals surface area contributed by atoms with E-state index in [0.717, 1.165) is 11.3 Å². The molecule has 1 heterocycles. The average molecular weight is 226 g/mol. The summed E-state index contributed by atoms with van der Waals surface area (Å²) in [5.74, 6) is -0.000599. The SMILES string of the molecule is Cc1cccc(C(=O)/C=C/c2ccn(C)n2)c1. The number of aryl methyl sites for hydroxylation is 2. The molecule has 0 radical (unpaired) electrons. The van der Waals surface area contributed by atoms with E-state index in [2.05, 4.69) is 5.10 Å². The zero-order valence-electron chi connectivity index (χ0n) is 9.92. The Labute approximate surface area is 100 Å². The highest BCUT2D eigenvalue weighted by molar-refractivity contribution is 6.06. The van der Waals surface area contributed by atoms with Crippen molar-refractivity contribution >= 4 is 11.9 Å². The number of allylic oxidation sites excluding steroid dienone is 1. The maximum Gasteiger partial charge on any atom is 0.185 e. The predicted molar refractivity (Wildman–Crippen MR) is 67.8 cm³/mol. The minimum absolute atomic E-state index is 0.000599. The van der Waals surface area contributed by atoms with Crippen molar-refractivity contribution in [1.82, 2.24) is 9.78 Å². The normalized spacial score (nSPS) is 10.9. The monoisotopic (exact) mass is 226 g/mol. The molecule has 0 bridgehead atoms. The molecule has 2 rings (SSSR count). The third kappa shape index (κ3) is 2.91. The van der Waals surface area contributed by atoms with Gasteiger partial charge in [0, 0.05) is 18.8 Å². The lowest BCUT2D eigenvalue weighted by atomic mass is 10.1. The Bertz CT molecular complexity index is 567. The van der Waals surface area contributed by atoms with Crippen molar-refractivity contribution in [2.24, 2.45) is 7.05 Å². The van der Waals surface area contributed by atoms with E-state index in [4.69, 9.17) is 0 Å². The Morgan fingerprint density at radius 3 is 2.82 bits per heavy atom. The van der Waals surface area contributed by atoms with Gasteiger partial charge >= 0.3 is 0 Å². The largest absolute Gasteiger partial charge is 0.289 e. The molecule has 2 aromatic rings. The highest BCUT2D eigenvalue weighted by Gasteiger charge is 2.01. The average Bonchev–Trinajstić information content (AvgIpc) is 2.72. The van der Waals surface area contributed by atoms with E-state index < -0.39 is 0 Å². The van der Waals surface area contributed by atoms with Crippen LogP contribution in [0.1, 0.15) is 21.6 Å². The maximum atomic E-state index is 11.9. The van der Waals surface area contributed by atoms with E-state index in [1.807, 2.05) is 50.5 Å². The second-order valence-corrected chi connectivity index (χ2v) is 3.98. The van der Waals surface area contributed by atoms with Gasteiger partial charge in [-0.05, 0) is 31.2 Å². The van der Waals surface area contributed by atoms with E-state index in [9.17, 15) is 4.79 Å². The lowest BCUT2D eigenvalue weighted by Gasteiger charge is -1.96. The molecule has 1 aromatic carbocycles. The van der Waals surface area contributed by atoms with Crippen LogP contribution in [-0.2, 0) is 7.05 Å². The fourth-order valence-corrected chi connectivity index (χ4v) is 1.58. The van der Waals surface area contributed by atoms with Crippen LogP contribution in [0.3, 0.4) is 0 Å². The lowest BCUT2D eigenvalue weighted by Crippen LogP contribution is -1.94. The molecule has 0 unspecified atom stereocenters. The first-order valence-electron chi connectivity index (χ1n) is 5.44. The van der Waals surface area contributed by atoms with Gasteiger partial charge in [-0.1, -0.05) is 23.8 Å². The molecular formula is C14H14N2O. The van der Waals surface area contributed by atoms with Crippen molar-refractivity contribution in [2.45, 2.75) is 6.92 Å². The molecule has 0 aliphatic carbocycles. The Balaban J connectivity index is 2.14. The Morgan fingerprint density at radius 2 is 2.18 bits per heavy atom. The number of rotatable bonds is 3. The maximum absolute atomic E-state index is 11.9. The second-order valence-electron chi connectivity index (χ2n) is 3.98. The zero-order chi connectivity index (χ0) is 12.3. The van der Waals surface area contributed by atoms with Crippen LogP contribution in [0.15, 0.2) is 42.6 Å². The first kappa shape index (κ1) is 11.3. The molecule has 0 aliphatic rings. The fourth-order valence-electron chi connectivity index (χ4n) is 1.58. The number of ketones is 1. The van der Waals surface area contributed by atoms with E-state index >= 15 is 0 Å². The quantitative estimate of drug-likeness (QED) is 0.595. The summed E-state index contributed by atoms with van der Waals surface area (Å²) in [5, 5.41) is 4.17. The molecular weight excluding hydrogens is 212 g/mol. The molecule has 0 atom stereocenters. The smallest absolute Gasteiger partial charge is 0.185 e. The Hall–Kier alpha value is -2.16. The van der Waals surface area contributed by atoms with Crippen LogP contribution >= 0.6 is 0 Å². The minimum Gasteiger partial charge on any atom is -0.289 e. The Morgan fingerprint density at radius 1 is 1.35 bits per heavy atom. The van der Waals surface area contributed by atoms with Crippen LogP contribution in [0.5, 0.6) is 0 Å². The molecule has 0 saturated carbocycles. The third-order valence-corrected chi connectivity index (χ3v) is 2.44. The first-order valence-corrected chi connectivity index (χ1v) is 5.44. The molecule has 0 amide bonds. The summed E-state index contributed by atoms with van der Waals surface area (Å²) in [6, 6.07) is 9.42. The van der Waals surface area contributed by atoms with Gasteiger partial charge in [-0.2, -0.15) is 5.10 Å². The predicted octanol–water partition coefficient (Wildman–Crippen LogP) is 2.62. The number of carbonyl (C=O) groups is 1. The van der Waals surface area contributed by atoms with Crippen molar-refractivity contribution in [2.75, 3.05) is 0 Å². The van der Waals surface area contributed by atoms with E-state index in [-0.39, 0.29) is 5.78 Å². The Kier molecular flexibility index (Phi) is 3.19. The summed E-state index contributed by atoms with van der Waals surface area (Å²) in [4.78, 5) is 11.9. The summed E-state index contributed by atoms with van der Waals surface area (Å²) in [6.07, 6.45) is 5.12. The fraction of sp³-hybridized carbons (Fsp3) is 0.143. The molecule has 0 saturated heterocycles. The van der Waals surface area contributed by atoms with Gasteiger partial charge in [-0.25, -0.2) is 0 Å². The van der Waals surface area contributed by atoms with Gasteiger partial charge < -0.3 is 0 Å². The standard InChI is InChI=1S/C14H14N2O/c1-11-4-3-5-12(10-11)14(17)7-6-13-8-9-16(2)15-13/h3-10H,1-2H3/b7-6+. The van der Waals surface area contributed by atoms with Crippen molar-refractivity contribution in [3.05, 3.63) is 59.4 Å². The van der Waals surface area contributed by atoms with E-state index in [0.29, 0.717) is 5.56 Å². The van der Waals surface area contributed by atoms with E-state index in [1.165, 1.54) is 0 Å². The van der Waals surface area contributed by atoms with Gasteiger partial charge in [-0.15, -0.1) is 0 Å². The van der Waals surface area contributed by atoms with Crippen LogP contribution in [0, 0.1) is 6.92 Å². The number of nitrogens with zero attached hydrogens (tertiary/aromatic N) is 2. The third-order valence-electron chi connectivity index (χ3n) is 2.44. The molecule has 1 aromatic heterocycles. The van der Waals surface area contributed by atoms with Crippen molar-refractivity contribution in [3.63, 3.8) is 0 Å². The number of hydrogen-bond acceptors (Lipinski definition) is 2. The second kappa shape index (κ2) is 4.78. The molecule has 86 valence electrons. The molecule has 3 heteroatoms. The van der Waals surface area contributed by atoms with Gasteiger partial charge in [0.15, 0.2) is 5.78 Å². The van der Waals surface area contributed by atoms with Gasteiger partial charge in [0.05, 0.1) is 5.69 Å².